The van der Waals surface area contributed by atoms with E-state index in [4.69, 9.17) is 0 Å². The fourth-order valence-corrected chi connectivity index (χ4v) is 1.91. The third-order valence-electron chi connectivity index (χ3n) is 2.49. The molecule has 0 amide bonds. The molecule has 0 fully saturated rings. The van der Waals surface area contributed by atoms with Crippen LogP contribution in [0.5, 0.6) is 0 Å². The molecular formula is C12H17FO. The summed E-state index contributed by atoms with van der Waals surface area (Å²) < 4.78 is 12.7. The summed E-state index contributed by atoms with van der Waals surface area (Å²) in [5.74, 6) is 0.193. The van der Waals surface area contributed by atoms with E-state index in [2.05, 4.69) is 13.8 Å². The van der Waals surface area contributed by atoms with Crippen LogP contribution in [-0.4, -0.2) is 11.2 Å². The van der Waals surface area contributed by atoms with E-state index in [0.717, 1.165) is 5.56 Å². The van der Waals surface area contributed by atoms with Gasteiger partial charge in [-0.1, -0.05) is 26.0 Å². The highest BCUT2D eigenvalue weighted by molar-refractivity contribution is 5.21. The lowest BCUT2D eigenvalue weighted by atomic mass is 9.84. The van der Waals surface area contributed by atoms with Crippen LogP contribution in [0.1, 0.15) is 32.3 Å². The van der Waals surface area contributed by atoms with Gasteiger partial charge in [-0.2, -0.15) is 0 Å². The van der Waals surface area contributed by atoms with Crippen molar-refractivity contribution in [3.05, 3.63) is 35.6 Å². The highest BCUT2D eigenvalue weighted by atomic mass is 19.1. The minimum absolute atomic E-state index is 0.0793. The second-order valence-electron chi connectivity index (χ2n) is 4.06. The molecule has 0 aliphatic rings. The average Bonchev–Trinajstić information content (AvgIpc) is 2.07. The molecule has 14 heavy (non-hydrogen) atoms. The van der Waals surface area contributed by atoms with E-state index in [1.54, 1.807) is 19.1 Å². The largest absolute Gasteiger partial charge is 0.393 e. The second-order valence-corrected chi connectivity index (χ2v) is 4.06. The summed E-state index contributed by atoms with van der Waals surface area (Å²) in [5.41, 5.74) is 0.997. The van der Waals surface area contributed by atoms with Gasteiger partial charge in [-0.05, 0) is 30.5 Å². The molecule has 0 spiro atoms. The number of aliphatic hydroxyl groups is 1. The molecule has 2 heteroatoms. The van der Waals surface area contributed by atoms with Crippen LogP contribution in [0.4, 0.5) is 4.39 Å². The molecule has 1 aromatic rings. The molecule has 2 atom stereocenters. The fourth-order valence-electron chi connectivity index (χ4n) is 1.91. The lowest BCUT2D eigenvalue weighted by Gasteiger charge is -2.24. The van der Waals surface area contributed by atoms with Crippen molar-refractivity contribution in [3.8, 4) is 0 Å². The van der Waals surface area contributed by atoms with E-state index in [1.165, 1.54) is 12.1 Å². The molecular weight excluding hydrogens is 179 g/mol. The Kier molecular flexibility index (Phi) is 3.64. The highest BCUT2D eigenvalue weighted by Gasteiger charge is 2.20. The van der Waals surface area contributed by atoms with Gasteiger partial charge in [0, 0.05) is 5.92 Å². The average molecular weight is 196 g/mol. The molecule has 78 valence electrons. The van der Waals surface area contributed by atoms with Gasteiger partial charge < -0.3 is 5.11 Å². The summed E-state index contributed by atoms with van der Waals surface area (Å²) in [6.07, 6.45) is -0.402. The van der Waals surface area contributed by atoms with Gasteiger partial charge in [-0.3, -0.25) is 0 Å². The van der Waals surface area contributed by atoms with Gasteiger partial charge in [-0.15, -0.1) is 0 Å². The molecule has 0 aromatic heterocycles. The lowest BCUT2D eigenvalue weighted by Crippen LogP contribution is -2.19. The van der Waals surface area contributed by atoms with Crippen LogP contribution in [0.25, 0.3) is 0 Å². The van der Waals surface area contributed by atoms with Crippen LogP contribution in [0.2, 0.25) is 0 Å². The smallest absolute Gasteiger partial charge is 0.123 e. The Hall–Kier alpha value is -0.890. The number of hydrogen-bond donors (Lipinski definition) is 1. The first-order valence-corrected chi connectivity index (χ1v) is 4.96. The Morgan fingerprint density at radius 3 is 1.93 bits per heavy atom. The second kappa shape index (κ2) is 4.56. The fraction of sp³-hybridized carbons (Fsp3) is 0.500. The molecule has 0 bridgehead atoms. The standard InChI is InChI=1S/C12H17FO/c1-8(2)12(9(3)14)10-4-6-11(13)7-5-10/h4-9,12,14H,1-3H3/t9-,12+/m0/s1. The van der Waals surface area contributed by atoms with E-state index >= 15 is 0 Å². The van der Waals surface area contributed by atoms with Gasteiger partial charge in [0.2, 0.25) is 0 Å². The third-order valence-corrected chi connectivity index (χ3v) is 2.49. The van der Waals surface area contributed by atoms with Crippen molar-refractivity contribution in [1.82, 2.24) is 0 Å². The molecule has 1 aromatic carbocycles. The van der Waals surface area contributed by atoms with E-state index in [1.807, 2.05) is 0 Å². The van der Waals surface area contributed by atoms with Gasteiger partial charge in [0.15, 0.2) is 0 Å². The van der Waals surface area contributed by atoms with Crippen LogP contribution in [0, 0.1) is 11.7 Å². The summed E-state index contributed by atoms with van der Waals surface area (Å²) in [4.78, 5) is 0. The van der Waals surface area contributed by atoms with Gasteiger partial charge in [0.05, 0.1) is 6.10 Å². The van der Waals surface area contributed by atoms with Gasteiger partial charge in [0.1, 0.15) is 5.82 Å². The van der Waals surface area contributed by atoms with Gasteiger partial charge in [0.25, 0.3) is 0 Å². The maximum atomic E-state index is 12.7. The first-order valence-electron chi connectivity index (χ1n) is 4.96. The molecule has 0 radical (unpaired) electrons. The molecule has 1 N–H and O–H groups in total. The van der Waals surface area contributed by atoms with Crippen molar-refractivity contribution in [3.63, 3.8) is 0 Å². The SMILES string of the molecule is CC(C)[C@@H](c1ccc(F)cc1)[C@H](C)O. The molecule has 1 nitrogen and oxygen atoms in total. The number of aliphatic hydroxyl groups excluding tert-OH is 1. The predicted octanol–water partition coefficient (Wildman–Crippen LogP) is 2.95. The molecule has 0 aliphatic heterocycles. The molecule has 0 heterocycles. The van der Waals surface area contributed by atoms with Crippen LogP contribution in [0.3, 0.4) is 0 Å². The lowest BCUT2D eigenvalue weighted by molar-refractivity contribution is 0.140. The van der Waals surface area contributed by atoms with Crippen molar-refractivity contribution in [2.75, 3.05) is 0 Å². The first kappa shape index (κ1) is 11.2. The van der Waals surface area contributed by atoms with Crippen molar-refractivity contribution in [2.45, 2.75) is 32.8 Å². The summed E-state index contributed by atoms with van der Waals surface area (Å²) in [5, 5.41) is 9.61. The summed E-state index contributed by atoms with van der Waals surface area (Å²) in [6.45, 7) is 5.88. The molecule has 0 aliphatic carbocycles. The minimum Gasteiger partial charge on any atom is -0.393 e. The molecule has 0 saturated heterocycles. The zero-order valence-electron chi connectivity index (χ0n) is 8.87. The Bertz CT molecular complexity index is 269. The number of rotatable bonds is 3. The van der Waals surface area contributed by atoms with Gasteiger partial charge >= 0.3 is 0 Å². The number of benzene rings is 1. The topological polar surface area (TPSA) is 20.2 Å². The Morgan fingerprint density at radius 2 is 1.57 bits per heavy atom. The van der Waals surface area contributed by atoms with E-state index in [9.17, 15) is 9.50 Å². The zero-order valence-corrected chi connectivity index (χ0v) is 8.87. The summed E-state index contributed by atoms with van der Waals surface area (Å²) in [6, 6.07) is 6.36. The molecule has 0 unspecified atom stereocenters. The summed E-state index contributed by atoms with van der Waals surface area (Å²) >= 11 is 0. The number of halogens is 1. The van der Waals surface area contributed by atoms with Crippen LogP contribution in [0.15, 0.2) is 24.3 Å². The third kappa shape index (κ3) is 2.55. The highest BCUT2D eigenvalue weighted by Crippen LogP contribution is 2.27. The van der Waals surface area contributed by atoms with Crippen molar-refractivity contribution < 1.29 is 9.50 Å². The van der Waals surface area contributed by atoms with Gasteiger partial charge in [-0.25, -0.2) is 4.39 Å². The Labute approximate surface area is 84.6 Å². The first-order chi connectivity index (χ1) is 6.52. The Morgan fingerprint density at radius 1 is 1.07 bits per heavy atom. The monoisotopic (exact) mass is 196 g/mol. The summed E-state index contributed by atoms with van der Waals surface area (Å²) in [7, 11) is 0. The van der Waals surface area contributed by atoms with E-state index < -0.39 is 6.10 Å². The van der Waals surface area contributed by atoms with Crippen LogP contribution in [-0.2, 0) is 0 Å². The maximum absolute atomic E-state index is 12.7. The van der Waals surface area contributed by atoms with Crippen LogP contribution < -0.4 is 0 Å². The van der Waals surface area contributed by atoms with E-state index in [-0.39, 0.29) is 11.7 Å². The molecule has 0 saturated carbocycles. The molecule has 1 rings (SSSR count). The van der Waals surface area contributed by atoms with Crippen molar-refractivity contribution >= 4 is 0 Å². The minimum atomic E-state index is -0.402. The predicted molar refractivity (Wildman–Crippen MR) is 55.7 cm³/mol. The van der Waals surface area contributed by atoms with Crippen molar-refractivity contribution in [2.24, 2.45) is 5.92 Å². The number of hydrogen-bond acceptors (Lipinski definition) is 1. The van der Waals surface area contributed by atoms with Crippen molar-refractivity contribution in [1.29, 1.82) is 0 Å². The van der Waals surface area contributed by atoms with E-state index in [0.29, 0.717) is 5.92 Å². The normalized spacial score (nSPS) is 15.6. The quantitative estimate of drug-likeness (QED) is 0.788. The van der Waals surface area contributed by atoms with Crippen LogP contribution >= 0.6 is 0 Å². The Balaban J connectivity index is 2.94. The zero-order chi connectivity index (χ0) is 10.7. The maximum Gasteiger partial charge on any atom is 0.123 e.